The second-order valence-corrected chi connectivity index (χ2v) is 8.84. The maximum atomic E-state index is 13.1. The molecule has 2 aromatic carbocycles. The number of carbonyl (C=O) groups excluding carboxylic acids is 1. The minimum absolute atomic E-state index is 0.177. The zero-order chi connectivity index (χ0) is 23.4. The van der Waals surface area contributed by atoms with Crippen molar-refractivity contribution in [1.82, 2.24) is 15.1 Å². The van der Waals surface area contributed by atoms with Gasteiger partial charge in [0.05, 0.1) is 18.6 Å². The van der Waals surface area contributed by atoms with Gasteiger partial charge >= 0.3 is 5.97 Å². The Kier molecular flexibility index (Phi) is 7.00. The number of benzene rings is 2. The van der Waals surface area contributed by atoms with Crippen molar-refractivity contribution < 1.29 is 19.4 Å². The predicted molar refractivity (Wildman–Crippen MR) is 127 cm³/mol. The Morgan fingerprint density at radius 1 is 1.15 bits per heavy atom. The van der Waals surface area contributed by atoms with E-state index in [0.717, 1.165) is 23.5 Å². The van der Waals surface area contributed by atoms with Gasteiger partial charge in [-0.25, -0.2) is 0 Å². The Balaban J connectivity index is 1.41. The summed E-state index contributed by atoms with van der Waals surface area (Å²) in [6.45, 7) is 4.47. The van der Waals surface area contributed by atoms with Crippen molar-refractivity contribution in [2.75, 3.05) is 38.2 Å². The molecule has 0 atom stereocenters. The number of amides is 1. The number of carboxylic acid groups (broad SMARTS) is 1. The number of hydrogen-bond donors (Lipinski definition) is 1. The third-order valence-electron chi connectivity index (χ3n) is 5.77. The van der Waals surface area contributed by atoms with Crippen LogP contribution in [-0.2, 0) is 11.2 Å². The first kappa shape index (κ1) is 22.9. The highest BCUT2D eigenvalue weighted by Crippen LogP contribution is 2.31. The lowest BCUT2D eigenvalue weighted by molar-refractivity contribution is -0.147. The van der Waals surface area contributed by atoms with Crippen LogP contribution >= 0.6 is 11.3 Å². The summed E-state index contributed by atoms with van der Waals surface area (Å²) < 4.78 is 5.33. The van der Waals surface area contributed by atoms with Crippen molar-refractivity contribution in [3.05, 3.63) is 59.7 Å². The topological polar surface area (TPSA) is 95.9 Å². The zero-order valence-electron chi connectivity index (χ0n) is 18.6. The average molecular weight is 467 g/mol. The molecular formula is C24H26N4O4S. The lowest BCUT2D eigenvalue weighted by Gasteiger charge is -2.36. The fourth-order valence-electron chi connectivity index (χ4n) is 3.78. The van der Waals surface area contributed by atoms with E-state index in [-0.39, 0.29) is 11.8 Å². The molecule has 1 fully saturated rings. The van der Waals surface area contributed by atoms with Crippen LogP contribution in [0.2, 0.25) is 0 Å². The van der Waals surface area contributed by atoms with Crippen molar-refractivity contribution >= 4 is 28.3 Å². The second-order valence-electron chi connectivity index (χ2n) is 7.88. The molecule has 4 rings (SSSR count). The molecule has 0 bridgehead atoms. The molecule has 0 aliphatic carbocycles. The number of hydrogen-bond acceptors (Lipinski definition) is 7. The molecule has 0 saturated carbocycles. The lowest BCUT2D eigenvalue weighted by atomic mass is 9.99. The van der Waals surface area contributed by atoms with Crippen LogP contribution in [0.4, 0.5) is 5.13 Å². The number of carboxylic acids is 1. The van der Waals surface area contributed by atoms with Crippen LogP contribution < -0.4 is 9.64 Å². The van der Waals surface area contributed by atoms with Gasteiger partial charge in [-0.15, -0.1) is 10.2 Å². The third-order valence-corrected chi connectivity index (χ3v) is 6.76. The molecule has 0 unspecified atom stereocenters. The Hall–Kier alpha value is -3.30. The first-order valence-corrected chi connectivity index (χ1v) is 11.6. The van der Waals surface area contributed by atoms with E-state index < -0.39 is 5.97 Å². The van der Waals surface area contributed by atoms with E-state index in [4.69, 9.17) is 9.84 Å². The molecule has 1 N–H and O–H groups in total. The van der Waals surface area contributed by atoms with E-state index >= 15 is 0 Å². The van der Waals surface area contributed by atoms with Gasteiger partial charge in [-0.3, -0.25) is 14.5 Å². The lowest BCUT2D eigenvalue weighted by Crippen LogP contribution is -2.50. The normalized spacial score (nSPS) is 14.0. The second kappa shape index (κ2) is 10.1. The van der Waals surface area contributed by atoms with Crippen molar-refractivity contribution in [2.45, 2.75) is 13.3 Å². The number of likely N-dealkylation sites (tertiary alicyclic amines) is 1. The van der Waals surface area contributed by atoms with Crippen LogP contribution in [0.3, 0.4) is 0 Å². The van der Waals surface area contributed by atoms with Gasteiger partial charge in [0.2, 0.25) is 5.13 Å². The smallest absolute Gasteiger partial charge is 0.309 e. The zero-order valence-corrected chi connectivity index (χ0v) is 19.4. The molecule has 8 nitrogen and oxygen atoms in total. The van der Waals surface area contributed by atoms with Crippen molar-refractivity contribution in [3.63, 3.8) is 0 Å². The number of anilines is 1. The number of aliphatic carboxylic acids is 1. The van der Waals surface area contributed by atoms with Crippen LogP contribution in [0.1, 0.15) is 22.8 Å². The largest absolute Gasteiger partial charge is 0.496 e. The SMILES string of the molecule is CCN(C(=O)c1ccccc1OC)c1nnc(-c2ccc(CCN3CC(C(=O)O)C3)cc2)s1. The summed E-state index contributed by atoms with van der Waals surface area (Å²) in [6, 6.07) is 15.3. The number of rotatable bonds is 9. The molecular weight excluding hydrogens is 440 g/mol. The summed E-state index contributed by atoms with van der Waals surface area (Å²) >= 11 is 1.37. The summed E-state index contributed by atoms with van der Waals surface area (Å²) in [6.07, 6.45) is 0.866. The number of para-hydroxylation sites is 1. The molecule has 0 radical (unpaired) electrons. The van der Waals surface area contributed by atoms with Gasteiger partial charge in [-0.2, -0.15) is 0 Å². The standard InChI is InChI=1S/C24H26N4O4S/c1-3-28(22(29)19-6-4-5-7-20(19)32-2)24-26-25-21(33-24)17-10-8-16(9-11-17)12-13-27-14-18(15-27)23(30)31/h4-11,18H,3,12-15H2,1-2H3,(H,30,31). The summed E-state index contributed by atoms with van der Waals surface area (Å²) in [7, 11) is 1.55. The van der Waals surface area contributed by atoms with Crippen LogP contribution in [0.25, 0.3) is 10.6 Å². The fraction of sp³-hybridized carbons (Fsp3) is 0.333. The Bertz CT molecular complexity index is 1130. The number of methoxy groups -OCH3 is 1. The highest BCUT2D eigenvalue weighted by atomic mass is 32.1. The van der Waals surface area contributed by atoms with E-state index in [1.807, 2.05) is 31.2 Å². The molecule has 33 heavy (non-hydrogen) atoms. The molecule has 1 aliphatic heterocycles. The van der Waals surface area contributed by atoms with Crippen LogP contribution in [0.5, 0.6) is 5.75 Å². The van der Waals surface area contributed by atoms with E-state index in [1.165, 1.54) is 16.9 Å². The van der Waals surface area contributed by atoms with Gasteiger partial charge in [0.15, 0.2) is 0 Å². The summed E-state index contributed by atoms with van der Waals surface area (Å²) in [4.78, 5) is 27.8. The predicted octanol–water partition coefficient (Wildman–Crippen LogP) is 3.44. The first-order chi connectivity index (χ1) is 16.0. The van der Waals surface area contributed by atoms with Gasteiger partial charge in [-0.1, -0.05) is 47.7 Å². The quantitative estimate of drug-likeness (QED) is 0.516. The van der Waals surface area contributed by atoms with E-state index in [2.05, 4.69) is 27.2 Å². The van der Waals surface area contributed by atoms with Crippen LogP contribution in [0.15, 0.2) is 48.5 Å². The number of nitrogens with zero attached hydrogens (tertiary/aromatic N) is 4. The van der Waals surface area contributed by atoms with Gasteiger partial charge in [0.25, 0.3) is 5.91 Å². The molecule has 9 heteroatoms. The third kappa shape index (κ3) is 5.04. The van der Waals surface area contributed by atoms with Gasteiger partial charge in [-0.05, 0) is 31.0 Å². The van der Waals surface area contributed by atoms with E-state index in [1.54, 1.807) is 24.1 Å². The summed E-state index contributed by atoms with van der Waals surface area (Å²) in [5, 5.41) is 18.8. The first-order valence-electron chi connectivity index (χ1n) is 10.8. The maximum absolute atomic E-state index is 13.1. The Morgan fingerprint density at radius 3 is 2.55 bits per heavy atom. The molecule has 0 spiro atoms. The summed E-state index contributed by atoms with van der Waals surface area (Å²) in [5.74, 6) is -0.586. The minimum atomic E-state index is -0.710. The van der Waals surface area contributed by atoms with E-state index in [0.29, 0.717) is 36.1 Å². The molecule has 2 heterocycles. The van der Waals surface area contributed by atoms with Crippen molar-refractivity contribution in [2.24, 2.45) is 5.92 Å². The fourth-order valence-corrected chi connectivity index (χ4v) is 4.70. The number of ether oxygens (including phenoxy) is 1. The minimum Gasteiger partial charge on any atom is -0.496 e. The molecule has 3 aromatic rings. The van der Waals surface area contributed by atoms with Gasteiger partial charge in [0, 0.05) is 31.7 Å². The molecule has 1 amide bonds. The van der Waals surface area contributed by atoms with Crippen LogP contribution in [0, 0.1) is 5.92 Å². The average Bonchev–Trinajstić information content (AvgIpc) is 3.28. The highest BCUT2D eigenvalue weighted by molar-refractivity contribution is 7.18. The summed E-state index contributed by atoms with van der Waals surface area (Å²) in [5.41, 5.74) is 2.61. The number of carbonyl (C=O) groups is 2. The highest BCUT2D eigenvalue weighted by Gasteiger charge is 2.31. The molecule has 1 aromatic heterocycles. The monoisotopic (exact) mass is 466 g/mol. The molecule has 172 valence electrons. The van der Waals surface area contributed by atoms with Crippen molar-refractivity contribution in [1.29, 1.82) is 0 Å². The van der Waals surface area contributed by atoms with Crippen LogP contribution in [-0.4, -0.2) is 65.4 Å². The Morgan fingerprint density at radius 2 is 1.88 bits per heavy atom. The Labute approximate surface area is 196 Å². The van der Waals surface area contributed by atoms with Gasteiger partial charge in [0.1, 0.15) is 10.8 Å². The molecule has 1 aliphatic rings. The van der Waals surface area contributed by atoms with Crippen molar-refractivity contribution in [3.8, 4) is 16.3 Å². The molecule has 1 saturated heterocycles. The maximum Gasteiger partial charge on any atom is 0.309 e. The van der Waals surface area contributed by atoms with E-state index in [9.17, 15) is 9.59 Å². The number of aromatic nitrogens is 2. The van der Waals surface area contributed by atoms with Gasteiger partial charge < -0.3 is 14.7 Å².